The predicted molar refractivity (Wildman–Crippen MR) is 85.8 cm³/mol. The Balaban J connectivity index is 0.00000180. The molecule has 0 saturated carbocycles. The van der Waals surface area contributed by atoms with E-state index in [0.29, 0.717) is 10.6 Å². The van der Waals surface area contributed by atoms with Crippen LogP contribution in [0.15, 0.2) is 12.1 Å². The molecule has 1 heterocycles. The minimum absolute atomic E-state index is 0. The first-order valence-corrected chi connectivity index (χ1v) is 6.57. The Bertz CT molecular complexity index is 430. The van der Waals surface area contributed by atoms with Gasteiger partial charge in [-0.05, 0) is 12.1 Å². The van der Waals surface area contributed by atoms with E-state index in [9.17, 15) is 9.50 Å². The van der Waals surface area contributed by atoms with Gasteiger partial charge in [-0.3, -0.25) is 4.90 Å². The van der Waals surface area contributed by atoms with Gasteiger partial charge in [-0.1, -0.05) is 23.2 Å². The van der Waals surface area contributed by atoms with Crippen molar-refractivity contribution in [2.75, 3.05) is 32.9 Å². The van der Waals surface area contributed by atoms with Crippen molar-refractivity contribution in [2.24, 2.45) is 0 Å². The highest BCUT2D eigenvalue weighted by Gasteiger charge is 2.25. The third-order valence-electron chi connectivity index (χ3n) is 3.16. The highest BCUT2D eigenvalue weighted by atomic mass is 35.5. The third-order valence-corrected chi connectivity index (χ3v) is 3.66. The van der Waals surface area contributed by atoms with E-state index in [1.165, 1.54) is 6.07 Å². The summed E-state index contributed by atoms with van der Waals surface area (Å²) in [6, 6.07) is 2.53. The van der Waals surface area contributed by atoms with Crippen LogP contribution in [-0.2, 0) is 0 Å². The molecule has 2 rings (SSSR count). The van der Waals surface area contributed by atoms with E-state index in [0.717, 1.165) is 26.2 Å². The van der Waals surface area contributed by atoms with Crippen molar-refractivity contribution in [1.29, 1.82) is 0 Å². The number of hydrogen-bond donors (Lipinski definition) is 2. The van der Waals surface area contributed by atoms with Gasteiger partial charge in [-0.2, -0.15) is 0 Å². The Hall–Kier alpha value is 0.0300. The fourth-order valence-electron chi connectivity index (χ4n) is 2.21. The van der Waals surface area contributed by atoms with Crippen LogP contribution in [0.2, 0.25) is 10.0 Å². The SMILES string of the molecule is Cl.Cl.Oc1c(Cl)cc(Cl)cc1[C@H](CF)N1CCNCC1. The van der Waals surface area contributed by atoms with E-state index >= 15 is 0 Å². The number of piperazine rings is 1. The zero-order valence-corrected chi connectivity index (χ0v) is 13.8. The van der Waals surface area contributed by atoms with Gasteiger partial charge in [-0.25, -0.2) is 4.39 Å². The minimum Gasteiger partial charge on any atom is -0.506 e. The topological polar surface area (TPSA) is 35.5 Å². The molecule has 0 aromatic heterocycles. The molecule has 0 spiro atoms. The molecular formula is C12H17Cl4FN2O. The maximum Gasteiger partial charge on any atom is 0.139 e. The highest BCUT2D eigenvalue weighted by Crippen LogP contribution is 2.37. The molecule has 3 nitrogen and oxygen atoms in total. The Morgan fingerprint density at radius 2 is 1.85 bits per heavy atom. The number of hydrogen-bond acceptors (Lipinski definition) is 3. The zero-order valence-electron chi connectivity index (χ0n) is 10.6. The first-order chi connectivity index (χ1) is 8.63. The lowest BCUT2D eigenvalue weighted by molar-refractivity contribution is 0.145. The van der Waals surface area contributed by atoms with Crippen LogP contribution in [0.3, 0.4) is 0 Å². The Morgan fingerprint density at radius 3 is 2.40 bits per heavy atom. The van der Waals surface area contributed by atoms with Gasteiger partial charge in [0.25, 0.3) is 0 Å². The third kappa shape index (κ3) is 4.52. The van der Waals surface area contributed by atoms with Crippen LogP contribution in [0.25, 0.3) is 0 Å². The molecule has 1 aliphatic rings. The fourth-order valence-corrected chi connectivity index (χ4v) is 2.72. The van der Waals surface area contributed by atoms with Gasteiger partial charge in [0.05, 0.1) is 11.1 Å². The number of nitrogens with zero attached hydrogens (tertiary/aromatic N) is 1. The van der Waals surface area contributed by atoms with Crippen LogP contribution in [0, 0.1) is 0 Å². The Morgan fingerprint density at radius 1 is 1.25 bits per heavy atom. The molecular weight excluding hydrogens is 349 g/mol. The number of phenolic OH excluding ortho intramolecular Hbond substituents is 1. The summed E-state index contributed by atoms with van der Waals surface area (Å²) in [7, 11) is 0. The number of rotatable bonds is 3. The Kier molecular flexibility index (Phi) is 9.14. The number of phenols is 1. The van der Waals surface area contributed by atoms with Crippen molar-refractivity contribution in [1.82, 2.24) is 10.2 Å². The normalized spacial score (nSPS) is 16.9. The summed E-state index contributed by atoms with van der Waals surface area (Å²) in [5, 5.41) is 13.7. The number of benzene rings is 1. The van der Waals surface area contributed by atoms with Crippen molar-refractivity contribution in [3.63, 3.8) is 0 Å². The summed E-state index contributed by atoms with van der Waals surface area (Å²) in [6.45, 7) is 2.51. The molecule has 116 valence electrons. The largest absolute Gasteiger partial charge is 0.506 e. The second-order valence-electron chi connectivity index (χ2n) is 4.28. The van der Waals surface area contributed by atoms with Crippen LogP contribution in [-0.4, -0.2) is 42.9 Å². The molecule has 0 amide bonds. The molecule has 1 saturated heterocycles. The molecule has 1 fully saturated rings. The van der Waals surface area contributed by atoms with Crippen LogP contribution < -0.4 is 5.32 Å². The molecule has 1 atom stereocenters. The molecule has 1 aromatic carbocycles. The first kappa shape index (κ1) is 20.0. The van der Waals surface area contributed by atoms with Crippen molar-refractivity contribution in [2.45, 2.75) is 6.04 Å². The van der Waals surface area contributed by atoms with Gasteiger partial charge in [0.1, 0.15) is 12.4 Å². The van der Waals surface area contributed by atoms with Gasteiger partial charge in [0, 0.05) is 36.8 Å². The molecule has 1 aliphatic heterocycles. The second-order valence-corrected chi connectivity index (χ2v) is 5.13. The van der Waals surface area contributed by atoms with Crippen molar-refractivity contribution in [3.05, 3.63) is 27.7 Å². The molecule has 20 heavy (non-hydrogen) atoms. The maximum atomic E-state index is 13.3. The lowest BCUT2D eigenvalue weighted by atomic mass is 10.0. The molecule has 0 radical (unpaired) electrons. The monoisotopic (exact) mass is 364 g/mol. The van der Waals surface area contributed by atoms with Gasteiger partial charge < -0.3 is 10.4 Å². The number of aromatic hydroxyl groups is 1. The van der Waals surface area contributed by atoms with Crippen LogP contribution >= 0.6 is 48.0 Å². The summed E-state index contributed by atoms with van der Waals surface area (Å²) in [4.78, 5) is 1.98. The molecule has 1 aromatic rings. The Labute approximate surface area is 140 Å². The summed E-state index contributed by atoms with van der Waals surface area (Å²) in [5.41, 5.74) is 0.455. The highest BCUT2D eigenvalue weighted by molar-refractivity contribution is 6.35. The van der Waals surface area contributed by atoms with Crippen LogP contribution in [0.5, 0.6) is 5.75 Å². The summed E-state index contributed by atoms with van der Waals surface area (Å²) in [6.07, 6.45) is 0. The summed E-state index contributed by atoms with van der Waals surface area (Å²) >= 11 is 11.8. The molecule has 8 heteroatoms. The standard InChI is InChI=1S/C12H15Cl2FN2O.2ClH/c13-8-5-9(12(18)10(14)6-8)11(7-15)17-3-1-16-2-4-17;;/h5-6,11,16,18H,1-4,7H2;2*1H/t11-;;/m0../s1. The number of alkyl halides is 1. The van der Waals surface area contributed by atoms with Crippen molar-refractivity contribution < 1.29 is 9.50 Å². The lowest BCUT2D eigenvalue weighted by Gasteiger charge is -2.34. The van der Waals surface area contributed by atoms with Crippen molar-refractivity contribution >= 4 is 48.0 Å². The first-order valence-electron chi connectivity index (χ1n) is 5.82. The van der Waals surface area contributed by atoms with E-state index in [2.05, 4.69) is 5.32 Å². The summed E-state index contributed by atoms with van der Waals surface area (Å²) in [5.74, 6) is -0.0813. The van der Waals surface area contributed by atoms with Gasteiger partial charge in [0.2, 0.25) is 0 Å². The second kappa shape index (κ2) is 9.13. The fraction of sp³-hybridized carbons (Fsp3) is 0.500. The molecule has 0 bridgehead atoms. The molecule has 0 unspecified atom stereocenters. The maximum absolute atomic E-state index is 13.3. The van der Waals surface area contributed by atoms with E-state index in [4.69, 9.17) is 23.2 Å². The van der Waals surface area contributed by atoms with Crippen LogP contribution in [0.4, 0.5) is 4.39 Å². The number of halogens is 5. The average Bonchev–Trinajstić information content (AvgIpc) is 2.37. The van der Waals surface area contributed by atoms with Gasteiger partial charge in [-0.15, -0.1) is 24.8 Å². The van der Waals surface area contributed by atoms with E-state index in [1.807, 2.05) is 4.90 Å². The van der Waals surface area contributed by atoms with Gasteiger partial charge in [0.15, 0.2) is 0 Å². The molecule has 2 N–H and O–H groups in total. The van der Waals surface area contributed by atoms with Crippen LogP contribution in [0.1, 0.15) is 11.6 Å². The quantitative estimate of drug-likeness (QED) is 0.860. The average molecular weight is 366 g/mol. The van der Waals surface area contributed by atoms with E-state index in [-0.39, 0.29) is 35.6 Å². The van der Waals surface area contributed by atoms with Gasteiger partial charge >= 0.3 is 0 Å². The minimum atomic E-state index is -0.579. The zero-order chi connectivity index (χ0) is 13.1. The molecule has 0 aliphatic carbocycles. The number of nitrogens with one attached hydrogen (secondary N) is 1. The van der Waals surface area contributed by atoms with Crippen molar-refractivity contribution in [3.8, 4) is 5.75 Å². The predicted octanol–water partition coefficient (Wildman–Crippen LogP) is 3.46. The van der Waals surface area contributed by atoms with E-state index in [1.54, 1.807) is 6.07 Å². The van der Waals surface area contributed by atoms with E-state index < -0.39 is 12.7 Å². The summed E-state index contributed by atoms with van der Waals surface area (Å²) < 4.78 is 13.3. The lowest BCUT2D eigenvalue weighted by Crippen LogP contribution is -2.45. The smallest absolute Gasteiger partial charge is 0.139 e.